The molecule has 2 aromatic rings. The van der Waals surface area contributed by atoms with Crippen LogP contribution in [-0.4, -0.2) is 17.6 Å². The van der Waals surface area contributed by atoms with Gasteiger partial charge >= 0.3 is 0 Å². The first-order valence-electron chi connectivity index (χ1n) is 6.76. The van der Waals surface area contributed by atoms with Crippen molar-refractivity contribution in [2.45, 2.75) is 13.1 Å². The molecule has 0 fully saturated rings. The second-order valence-corrected chi connectivity index (χ2v) is 4.64. The average Bonchev–Trinajstić information content (AvgIpc) is 2.50. The molecular weight excluding hydrogens is 266 g/mol. The summed E-state index contributed by atoms with van der Waals surface area (Å²) in [4.78, 5) is 11.9. The van der Waals surface area contributed by atoms with E-state index in [0.717, 1.165) is 16.8 Å². The maximum absolute atomic E-state index is 11.9. The van der Waals surface area contributed by atoms with Gasteiger partial charge < -0.3 is 21.5 Å². The maximum atomic E-state index is 11.9. The molecule has 0 bridgehead atoms. The molecule has 2 rings (SSSR count). The Morgan fingerprint density at radius 1 is 1.05 bits per heavy atom. The first-order chi connectivity index (χ1) is 10.2. The van der Waals surface area contributed by atoms with Gasteiger partial charge in [-0.3, -0.25) is 4.79 Å². The van der Waals surface area contributed by atoms with E-state index in [1.54, 1.807) is 12.1 Å². The third-order valence-corrected chi connectivity index (χ3v) is 3.10. The molecule has 0 aliphatic carbocycles. The summed E-state index contributed by atoms with van der Waals surface area (Å²) in [6, 6.07) is 14.5. The molecular formula is C16H19N3O2. The summed E-state index contributed by atoms with van der Waals surface area (Å²) in [6.07, 6.45) is 0. The highest BCUT2D eigenvalue weighted by Gasteiger charge is 2.06. The highest BCUT2D eigenvalue weighted by Crippen LogP contribution is 2.15. The minimum atomic E-state index is -0.147. The molecule has 0 saturated carbocycles. The minimum Gasteiger partial charge on any atom is -0.508 e. The van der Waals surface area contributed by atoms with E-state index >= 15 is 0 Å². The van der Waals surface area contributed by atoms with Gasteiger partial charge in [-0.2, -0.15) is 0 Å². The SMILES string of the molecule is NCc1ccccc1NC(=O)CNCc1ccccc1O. The molecule has 5 N–H and O–H groups in total. The second-order valence-electron chi connectivity index (χ2n) is 4.64. The van der Waals surface area contributed by atoms with Gasteiger partial charge in [0.05, 0.1) is 6.54 Å². The van der Waals surface area contributed by atoms with Crippen LogP contribution in [0.2, 0.25) is 0 Å². The van der Waals surface area contributed by atoms with Crippen LogP contribution in [0, 0.1) is 0 Å². The van der Waals surface area contributed by atoms with E-state index < -0.39 is 0 Å². The lowest BCUT2D eigenvalue weighted by Gasteiger charge is -2.10. The van der Waals surface area contributed by atoms with E-state index in [9.17, 15) is 9.90 Å². The Kier molecular flexibility index (Phi) is 5.31. The maximum Gasteiger partial charge on any atom is 0.238 e. The molecule has 110 valence electrons. The molecule has 0 atom stereocenters. The summed E-state index contributed by atoms with van der Waals surface area (Å²) < 4.78 is 0. The largest absolute Gasteiger partial charge is 0.508 e. The highest BCUT2D eigenvalue weighted by atomic mass is 16.3. The predicted molar refractivity (Wildman–Crippen MR) is 82.8 cm³/mol. The van der Waals surface area contributed by atoms with E-state index in [-0.39, 0.29) is 18.2 Å². The highest BCUT2D eigenvalue weighted by molar-refractivity contribution is 5.92. The van der Waals surface area contributed by atoms with Crippen molar-refractivity contribution in [1.29, 1.82) is 0 Å². The summed E-state index contributed by atoms with van der Waals surface area (Å²) in [5.41, 5.74) is 8.01. The van der Waals surface area contributed by atoms with Gasteiger partial charge in [-0.05, 0) is 17.7 Å². The van der Waals surface area contributed by atoms with E-state index in [4.69, 9.17) is 5.73 Å². The van der Waals surface area contributed by atoms with Gasteiger partial charge in [-0.15, -0.1) is 0 Å². The number of carbonyl (C=O) groups excluding carboxylic acids is 1. The molecule has 0 radical (unpaired) electrons. The molecule has 0 aliphatic heterocycles. The summed E-state index contributed by atoms with van der Waals surface area (Å²) >= 11 is 0. The van der Waals surface area contributed by atoms with Crippen LogP contribution in [0.25, 0.3) is 0 Å². The fraction of sp³-hybridized carbons (Fsp3) is 0.188. The van der Waals surface area contributed by atoms with Crippen LogP contribution in [-0.2, 0) is 17.9 Å². The van der Waals surface area contributed by atoms with Crippen molar-refractivity contribution >= 4 is 11.6 Å². The Balaban J connectivity index is 1.84. The molecule has 1 amide bonds. The van der Waals surface area contributed by atoms with Gasteiger partial charge in [0.1, 0.15) is 5.75 Å². The second kappa shape index (κ2) is 7.42. The molecule has 5 heteroatoms. The lowest BCUT2D eigenvalue weighted by Crippen LogP contribution is -2.28. The third-order valence-electron chi connectivity index (χ3n) is 3.10. The first kappa shape index (κ1) is 15.0. The zero-order valence-electron chi connectivity index (χ0n) is 11.7. The lowest BCUT2D eigenvalue weighted by molar-refractivity contribution is -0.115. The van der Waals surface area contributed by atoms with Crippen LogP contribution >= 0.6 is 0 Å². The zero-order valence-corrected chi connectivity index (χ0v) is 11.7. The number of amides is 1. The third kappa shape index (κ3) is 4.30. The van der Waals surface area contributed by atoms with Crippen molar-refractivity contribution in [3.8, 4) is 5.75 Å². The normalized spacial score (nSPS) is 10.3. The van der Waals surface area contributed by atoms with Gasteiger partial charge in [0.2, 0.25) is 5.91 Å². The standard InChI is InChI=1S/C16H19N3O2/c17-9-12-5-1-3-7-14(12)19-16(21)11-18-10-13-6-2-4-8-15(13)20/h1-8,18,20H,9-11,17H2,(H,19,21). The molecule has 5 nitrogen and oxygen atoms in total. The van der Waals surface area contributed by atoms with Gasteiger partial charge in [-0.1, -0.05) is 36.4 Å². The van der Waals surface area contributed by atoms with Gasteiger partial charge in [0.15, 0.2) is 0 Å². The number of nitrogens with one attached hydrogen (secondary N) is 2. The number of para-hydroxylation sites is 2. The minimum absolute atomic E-state index is 0.147. The summed E-state index contributed by atoms with van der Waals surface area (Å²) in [6.45, 7) is 0.966. The molecule has 0 saturated heterocycles. The molecule has 0 unspecified atom stereocenters. The number of aromatic hydroxyl groups is 1. The van der Waals surface area contributed by atoms with Crippen LogP contribution < -0.4 is 16.4 Å². The smallest absolute Gasteiger partial charge is 0.238 e. The number of anilines is 1. The molecule has 2 aromatic carbocycles. The number of nitrogens with two attached hydrogens (primary N) is 1. The topological polar surface area (TPSA) is 87.4 Å². The first-order valence-corrected chi connectivity index (χ1v) is 6.76. The van der Waals surface area contributed by atoms with E-state index in [1.165, 1.54) is 0 Å². The lowest BCUT2D eigenvalue weighted by atomic mass is 10.2. The Bertz CT molecular complexity index is 614. The van der Waals surface area contributed by atoms with Crippen LogP contribution in [0.1, 0.15) is 11.1 Å². The summed E-state index contributed by atoms with van der Waals surface area (Å²) in [7, 11) is 0. The van der Waals surface area contributed by atoms with Crippen LogP contribution in [0.3, 0.4) is 0 Å². The number of hydrogen-bond acceptors (Lipinski definition) is 4. The Morgan fingerprint density at radius 3 is 2.43 bits per heavy atom. The molecule has 0 aromatic heterocycles. The van der Waals surface area contributed by atoms with Crippen molar-refractivity contribution in [1.82, 2.24) is 5.32 Å². The van der Waals surface area contributed by atoms with E-state index in [0.29, 0.717) is 13.1 Å². The van der Waals surface area contributed by atoms with Crippen molar-refractivity contribution in [3.63, 3.8) is 0 Å². The molecule has 0 heterocycles. The molecule has 0 aliphatic rings. The number of carbonyl (C=O) groups is 1. The van der Waals surface area contributed by atoms with Crippen LogP contribution in [0.4, 0.5) is 5.69 Å². The fourth-order valence-electron chi connectivity index (χ4n) is 1.99. The monoisotopic (exact) mass is 285 g/mol. The van der Waals surface area contributed by atoms with Crippen molar-refractivity contribution < 1.29 is 9.90 Å². The van der Waals surface area contributed by atoms with E-state index in [2.05, 4.69) is 10.6 Å². The van der Waals surface area contributed by atoms with Crippen LogP contribution in [0.5, 0.6) is 5.75 Å². The zero-order chi connectivity index (χ0) is 15.1. The Morgan fingerprint density at radius 2 is 1.71 bits per heavy atom. The quantitative estimate of drug-likeness (QED) is 0.649. The predicted octanol–water partition coefficient (Wildman–Crippen LogP) is 1.58. The van der Waals surface area contributed by atoms with Gasteiger partial charge in [0.25, 0.3) is 0 Å². The van der Waals surface area contributed by atoms with E-state index in [1.807, 2.05) is 36.4 Å². The average molecular weight is 285 g/mol. The summed E-state index contributed by atoms with van der Waals surface area (Å²) in [5, 5.41) is 15.4. The van der Waals surface area contributed by atoms with Crippen molar-refractivity contribution in [2.75, 3.05) is 11.9 Å². The van der Waals surface area contributed by atoms with Crippen molar-refractivity contribution in [2.24, 2.45) is 5.73 Å². The Hall–Kier alpha value is -2.37. The number of benzene rings is 2. The number of rotatable bonds is 6. The van der Waals surface area contributed by atoms with Gasteiger partial charge in [0, 0.05) is 24.3 Å². The number of hydrogen-bond donors (Lipinski definition) is 4. The van der Waals surface area contributed by atoms with Gasteiger partial charge in [-0.25, -0.2) is 0 Å². The van der Waals surface area contributed by atoms with Crippen LogP contribution in [0.15, 0.2) is 48.5 Å². The van der Waals surface area contributed by atoms with Crippen molar-refractivity contribution in [3.05, 3.63) is 59.7 Å². The number of phenols is 1. The fourth-order valence-corrected chi connectivity index (χ4v) is 1.99. The molecule has 21 heavy (non-hydrogen) atoms. The number of phenolic OH excluding ortho intramolecular Hbond substituents is 1. The molecule has 0 spiro atoms. The Labute approximate surface area is 123 Å². The summed E-state index contributed by atoms with van der Waals surface area (Å²) in [5.74, 6) is 0.0743.